The first-order valence-electron chi connectivity index (χ1n) is 7.69. The molecule has 118 valence electrons. The van der Waals surface area contributed by atoms with E-state index in [1.54, 1.807) is 11.8 Å². The fourth-order valence-electron chi connectivity index (χ4n) is 3.13. The van der Waals surface area contributed by atoms with Crippen LogP contribution in [0.3, 0.4) is 0 Å². The van der Waals surface area contributed by atoms with Gasteiger partial charge < -0.3 is 15.0 Å². The predicted molar refractivity (Wildman–Crippen MR) is 83.5 cm³/mol. The second-order valence-corrected chi connectivity index (χ2v) is 5.99. The van der Waals surface area contributed by atoms with Gasteiger partial charge in [0.2, 0.25) is 5.91 Å². The van der Waals surface area contributed by atoms with E-state index >= 15 is 0 Å². The van der Waals surface area contributed by atoms with Gasteiger partial charge >= 0.3 is 5.69 Å². The molecule has 2 aromatic rings. The molecule has 22 heavy (non-hydrogen) atoms. The van der Waals surface area contributed by atoms with Gasteiger partial charge in [0.25, 0.3) is 0 Å². The minimum atomic E-state index is -0.325. The van der Waals surface area contributed by atoms with Crippen LogP contribution in [0, 0.1) is 5.92 Å². The SMILES string of the molecule is CC(O)C1CCN(C(=O)Cn2c(=O)[nH]c3ccccc32)CC1. The second kappa shape index (κ2) is 5.96. The molecule has 1 atom stereocenters. The number of nitrogens with one attached hydrogen (secondary N) is 1. The minimum absolute atomic E-state index is 0.0455. The molecule has 1 fully saturated rings. The van der Waals surface area contributed by atoms with Crippen molar-refractivity contribution >= 4 is 16.9 Å². The average Bonchev–Trinajstić information content (AvgIpc) is 2.83. The number of amides is 1. The number of fused-ring (bicyclic) bond motifs is 1. The van der Waals surface area contributed by atoms with E-state index in [9.17, 15) is 14.7 Å². The first kappa shape index (κ1) is 14.8. The van der Waals surface area contributed by atoms with Crippen molar-refractivity contribution in [2.45, 2.75) is 32.4 Å². The Kier molecular flexibility index (Phi) is 4.02. The Bertz CT molecular complexity index is 724. The Labute approximate surface area is 128 Å². The van der Waals surface area contributed by atoms with Crippen LogP contribution in [0.4, 0.5) is 0 Å². The number of imidazole rings is 1. The van der Waals surface area contributed by atoms with Crippen molar-refractivity contribution in [1.82, 2.24) is 14.5 Å². The highest BCUT2D eigenvalue weighted by atomic mass is 16.3. The largest absolute Gasteiger partial charge is 0.393 e. The minimum Gasteiger partial charge on any atom is -0.393 e. The van der Waals surface area contributed by atoms with E-state index in [-0.39, 0.29) is 30.2 Å². The monoisotopic (exact) mass is 303 g/mol. The summed E-state index contributed by atoms with van der Waals surface area (Å²) in [5.41, 5.74) is 1.24. The highest BCUT2D eigenvalue weighted by Crippen LogP contribution is 2.21. The number of aliphatic hydroxyl groups excluding tert-OH is 1. The van der Waals surface area contributed by atoms with Crippen molar-refractivity contribution in [3.8, 4) is 0 Å². The number of hydrogen-bond acceptors (Lipinski definition) is 3. The Morgan fingerprint density at radius 3 is 2.73 bits per heavy atom. The summed E-state index contributed by atoms with van der Waals surface area (Å²) in [7, 11) is 0. The normalized spacial score (nSPS) is 17.8. The first-order chi connectivity index (χ1) is 10.6. The zero-order valence-corrected chi connectivity index (χ0v) is 12.7. The third kappa shape index (κ3) is 2.78. The van der Waals surface area contributed by atoms with Gasteiger partial charge in [-0.2, -0.15) is 0 Å². The number of benzene rings is 1. The fourth-order valence-corrected chi connectivity index (χ4v) is 3.13. The Morgan fingerprint density at radius 2 is 2.05 bits per heavy atom. The van der Waals surface area contributed by atoms with Gasteiger partial charge in [0, 0.05) is 13.1 Å². The lowest BCUT2D eigenvalue weighted by Gasteiger charge is -2.33. The van der Waals surface area contributed by atoms with Crippen molar-refractivity contribution in [3.63, 3.8) is 0 Å². The topological polar surface area (TPSA) is 78.3 Å². The zero-order valence-electron chi connectivity index (χ0n) is 12.7. The number of aromatic nitrogens is 2. The average molecular weight is 303 g/mol. The molecule has 0 bridgehead atoms. The number of likely N-dealkylation sites (tertiary alicyclic amines) is 1. The predicted octanol–water partition coefficient (Wildman–Crippen LogP) is 0.949. The third-order valence-corrected chi connectivity index (χ3v) is 4.55. The quantitative estimate of drug-likeness (QED) is 0.886. The van der Waals surface area contributed by atoms with Crippen molar-refractivity contribution < 1.29 is 9.90 Å². The standard InChI is InChI=1S/C16H21N3O3/c1-11(20)12-6-8-18(9-7-12)15(21)10-19-14-5-3-2-4-13(14)17-16(19)22/h2-5,11-12,20H,6-10H2,1H3,(H,17,22). The van der Waals surface area contributed by atoms with Crippen LogP contribution in [0.15, 0.2) is 29.1 Å². The number of carbonyl (C=O) groups is 1. The Balaban J connectivity index is 1.72. The summed E-state index contributed by atoms with van der Waals surface area (Å²) in [6, 6.07) is 7.36. The molecular formula is C16H21N3O3. The summed E-state index contributed by atoms with van der Waals surface area (Å²) in [4.78, 5) is 29.0. The van der Waals surface area contributed by atoms with Gasteiger partial charge in [-0.15, -0.1) is 0 Å². The molecule has 1 aliphatic rings. The van der Waals surface area contributed by atoms with Crippen LogP contribution in [-0.4, -0.2) is 44.7 Å². The number of para-hydroxylation sites is 2. The molecule has 1 unspecified atom stereocenters. The van der Waals surface area contributed by atoms with E-state index < -0.39 is 0 Å². The number of nitrogens with zero attached hydrogens (tertiary/aromatic N) is 2. The number of aliphatic hydroxyl groups is 1. The molecule has 0 saturated carbocycles. The number of rotatable bonds is 3. The molecule has 1 aromatic carbocycles. The van der Waals surface area contributed by atoms with Gasteiger partial charge in [0.1, 0.15) is 6.54 Å². The highest BCUT2D eigenvalue weighted by Gasteiger charge is 2.25. The lowest BCUT2D eigenvalue weighted by atomic mass is 9.92. The van der Waals surface area contributed by atoms with E-state index in [2.05, 4.69) is 4.98 Å². The maximum Gasteiger partial charge on any atom is 0.326 e. The number of hydrogen-bond donors (Lipinski definition) is 2. The van der Waals surface area contributed by atoms with E-state index in [1.807, 2.05) is 24.3 Å². The summed E-state index contributed by atoms with van der Waals surface area (Å²) < 4.78 is 1.48. The maximum atomic E-state index is 12.4. The number of aromatic amines is 1. The van der Waals surface area contributed by atoms with Gasteiger partial charge in [-0.1, -0.05) is 12.1 Å². The molecule has 0 spiro atoms. The van der Waals surface area contributed by atoms with Crippen LogP contribution in [0.25, 0.3) is 11.0 Å². The Morgan fingerprint density at radius 1 is 1.36 bits per heavy atom. The van der Waals surface area contributed by atoms with Crippen molar-refractivity contribution in [2.24, 2.45) is 5.92 Å². The summed E-state index contributed by atoms with van der Waals surface area (Å²) >= 11 is 0. The maximum absolute atomic E-state index is 12.4. The van der Waals surface area contributed by atoms with Gasteiger partial charge in [-0.25, -0.2) is 4.79 Å². The van der Waals surface area contributed by atoms with E-state index in [0.717, 1.165) is 23.9 Å². The van der Waals surface area contributed by atoms with Crippen LogP contribution >= 0.6 is 0 Å². The third-order valence-electron chi connectivity index (χ3n) is 4.55. The van der Waals surface area contributed by atoms with Crippen LogP contribution < -0.4 is 5.69 Å². The second-order valence-electron chi connectivity index (χ2n) is 5.99. The molecule has 0 radical (unpaired) electrons. The molecule has 0 aliphatic carbocycles. The summed E-state index contributed by atoms with van der Waals surface area (Å²) in [6.07, 6.45) is 1.30. The van der Waals surface area contributed by atoms with E-state index in [1.165, 1.54) is 4.57 Å². The number of carbonyl (C=O) groups excluding carboxylic acids is 1. The van der Waals surface area contributed by atoms with Crippen molar-refractivity contribution in [1.29, 1.82) is 0 Å². The van der Waals surface area contributed by atoms with Gasteiger partial charge in [-0.05, 0) is 37.8 Å². The smallest absolute Gasteiger partial charge is 0.326 e. The van der Waals surface area contributed by atoms with Gasteiger partial charge in [0.15, 0.2) is 0 Å². The molecule has 2 heterocycles. The van der Waals surface area contributed by atoms with E-state index in [4.69, 9.17) is 0 Å². The van der Waals surface area contributed by atoms with Crippen LogP contribution in [0.1, 0.15) is 19.8 Å². The van der Waals surface area contributed by atoms with Crippen molar-refractivity contribution in [3.05, 3.63) is 34.7 Å². The lowest BCUT2D eigenvalue weighted by molar-refractivity contribution is -0.133. The van der Waals surface area contributed by atoms with Crippen LogP contribution in [0.2, 0.25) is 0 Å². The Hall–Kier alpha value is -2.08. The molecule has 1 saturated heterocycles. The fraction of sp³-hybridized carbons (Fsp3) is 0.500. The molecular weight excluding hydrogens is 282 g/mol. The number of H-pyrrole nitrogens is 1. The number of piperidine rings is 1. The molecule has 6 nitrogen and oxygen atoms in total. The van der Waals surface area contributed by atoms with Crippen LogP contribution in [0.5, 0.6) is 0 Å². The van der Waals surface area contributed by atoms with Gasteiger partial charge in [-0.3, -0.25) is 9.36 Å². The molecule has 3 rings (SSSR count). The summed E-state index contributed by atoms with van der Waals surface area (Å²) in [6.45, 7) is 3.15. The molecule has 2 N–H and O–H groups in total. The van der Waals surface area contributed by atoms with Crippen molar-refractivity contribution in [2.75, 3.05) is 13.1 Å². The zero-order chi connectivity index (χ0) is 15.7. The molecule has 1 aromatic heterocycles. The molecule has 1 amide bonds. The summed E-state index contributed by atoms with van der Waals surface area (Å²) in [5, 5.41) is 9.61. The van der Waals surface area contributed by atoms with E-state index in [0.29, 0.717) is 13.1 Å². The summed E-state index contributed by atoms with van der Waals surface area (Å²) in [5.74, 6) is 0.218. The molecule has 1 aliphatic heterocycles. The van der Waals surface area contributed by atoms with Gasteiger partial charge in [0.05, 0.1) is 17.1 Å². The first-order valence-corrected chi connectivity index (χ1v) is 7.69. The lowest BCUT2D eigenvalue weighted by Crippen LogP contribution is -2.43. The van der Waals surface area contributed by atoms with Crippen LogP contribution in [-0.2, 0) is 11.3 Å². The highest BCUT2D eigenvalue weighted by molar-refractivity contribution is 5.80. The molecule has 6 heteroatoms.